The van der Waals surface area contributed by atoms with Crippen LogP contribution in [0.4, 0.5) is 10.5 Å². The highest BCUT2D eigenvalue weighted by molar-refractivity contribution is 6.01. The molecule has 1 fully saturated rings. The molecule has 4 rings (SSSR count). The monoisotopic (exact) mass is 552 g/mol. The van der Waals surface area contributed by atoms with Gasteiger partial charge in [0.15, 0.2) is 5.75 Å². The average Bonchev–Trinajstić information content (AvgIpc) is 2.95. The van der Waals surface area contributed by atoms with Crippen molar-refractivity contribution in [1.82, 2.24) is 15.1 Å². The summed E-state index contributed by atoms with van der Waals surface area (Å²) in [6.45, 7) is 5.53. The lowest BCUT2D eigenvalue weighted by Gasteiger charge is -2.38. The van der Waals surface area contributed by atoms with Crippen LogP contribution in [-0.2, 0) is 6.54 Å². The van der Waals surface area contributed by atoms with Crippen LogP contribution in [0.15, 0.2) is 42.5 Å². The van der Waals surface area contributed by atoms with Gasteiger partial charge in [0.2, 0.25) is 0 Å². The lowest BCUT2D eigenvalue weighted by atomic mass is 9.96. The summed E-state index contributed by atoms with van der Waals surface area (Å²) in [4.78, 5) is 30.6. The van der Waals surface area contributed by atoms with Crippen LogP contribution in [-0.4, -0.2) is 78.9 Å². The Hall–Kier alpha value is -3.30. The van der Waals surface area contributed by atoms with E-state index in [4.69, 9.17) is 9.47 Å². The van der Waals surface area contributed by atoms with Crippen molar-refractivity contribution in [3.8, 4) is 11.5 Å². The van der Waals surface area contributed by atoms with Crippen molar-refractivity contribution in [3.63, 3.8) is 0 Å². The summed E-state index contributed by atoms with van der Waals surface area (Å²) < 4.78 is 11.9. The Morgan fingerprint density at radius 2 is 1.90 bits per heavy atom. The van der Waals surface area contributed by atoms with Gasteiger partial charge < -0.3 is 30.1 Å². The molecule has 0 aromatic heterocycles. The van der Waals surface area contributed by atoms with E-state index in [0.717, 1.165) is 37.0 Å². The van der Waals surface area contributed by atoms with Crippen molar-refractivity contribution in [3.05, 3.63) is 53.6 Å². The zero-order valence-electron chi connectivity index (χ0n) is 24.2. The van der Waals surface area contributed by atoms with Gasteiger partial charge in [-0.2, -0.15) is 0 Å². The molecule has 2 aromatic carbocycles. The Labute approximate surface area is 237 Å². The van der Waals surface area contributed by atoms with E-state index in [-0.39, 0.29) is 42.7 Å². The van der Waals surface area contributed by atoms with Crippen molar-refractivity contribution in [2.24, 2.45) is 5.92 Å². The zero-order chi connectivity index (χ0) is 28.6. The maximum atomic E-state index is 13.7. The molecule has 1 saturated carbocycles. The molecule has 0 radical (unpaired) electrons. The number of rotatable bonds is 9. The number of aliphatic hydroxyl groups excluding tert-OH is 1. The van der Waals surface area contributed by atoms with E-state index in [9.17, 15) is 14.7 Å². The van der Waals surface area contributed by atoms with Crippen LogP contribution >= 0.6 is 0 Å². The van der Waals surface area contributed by atoms with Gasteiger partial charge >= 0.3 is 6.03 Å². The Bertz CT molecular complexity index is 1140. The number of methoxy groups -OCH3 is 1. The molecule has 3 amide bonds. The van der Waals surface area contributed by atoms with Crippen molar-refractivity contribution in [1.29, 1.82) is 0 Å². The molecule has 9 nitrogen and oxygen atoms in total. The van der Waals surface area contributed by atoms with Gasteiger partial charge in [0.25, 0.3) is 5.91 Å². The fourth-order valence-electron chi connectivity index (χ4n) is 5.56. The first kappa shape index (κ1) is 29.7. The number of fused-ring (bicyclic) bond motifs is 1. The van der Waals surface area contributed by atoms with Crippen LogP contribution in [0.3, 0.4) is 0 Å². The molecular formula is C31H44N4O5. The summed E-state index contributed by atoms with van der Waals surface area (Å²) in [5, 5.41) is 16.0. The van der Waals surface area contributed by atoms with Crippen molar-refractivity contribution in [2.75, 3.05) is 39.2 Å². The lowest BCUT2D eigenvalue weighted by molar-refractivity contribution is 0.0343. The van der Waals surface area contributed by atoms with Gasteiger partial charge in [-0.25, -0.2) is 4.79 Å². The topological polar surface area (TPSA) is 103 Å². The number of carbonyl (C=O) groups excluding carboxylic acids is 2. The maximum absolute atomic E-state index is 13.7. The first-order valence-electron chi connectivity index (χ1n) is 14.4. The number of anilines is 1. The number of urea groups is 1. The van der Waals surface area contributed by atoms with Crippen LogP contribution in [0.5, 0.6) is 11.5 Å². The largest absolute Gasteiger partial charge is 0.497 e. The minimum Gasteiger partial charge on any atom is -0.497 e. The fraction of sp³-hybridized carbons (Fsp3) is 0.548. The van der Waals surface area contributed by atoms with Crippen molar-refractivity contribution < 1.29 is 24.2 Å². The molecule has 0 bridgehead atoms. The Morgan fingerprint density at radius 3 is 2.58 bits per heavy atom. The van der Waals surface area contributed by atoms with E-state index in [1.807, 2.05) is 38.2 Å². The highest BCUT2D eigenvalue weighted by atomic mass is 16.5. The van der Waals surface area contributed by atoms with E-state index in [2.05, 4.69) is 22.5 Å². The molecule has 0 unspecified atom stereocenters. The molecule has 0 saturated heterocycles. The molecule has 0 spiro atoms. The second-order valence-corrected chi connectivity index (χ2v) is 11.3. The third-order valence-corrected chi connectivity index (χ3v) is 7.98. The van der Waals surface area contributed by atoms with E-state index < -0.39 is 0 Å². The number of nitrogens with one attached hydrogen (secondary N) is 2. The van der Waals surface area contributed by atoms with Gasteiger partial charge in [-0.05, 0) is 56.6 Å². The van der Waals surface area contributed by atoms with E-state index in [0.29, 0.717) is 36.6 Å². The quantitative estimate of drug-likeness (QED) is 0.423. The standard InChI is InChI=1S/C31H44N4O5/c1-21-17-35(22(2)20-36)30(37)26-11-8-12-27(33-31(38)32-24-9-6-5-7-10-24)29(26)40-28(21)19-34(3)18-23-13-15-25(39-4)16-14-23/h8,11-16,21-22,24,28,36H,5-7,9-10,17-20H2,1-4H3,(H2,32,33,38)/t21-,22-,28-/m1/s1. The van der Waals surface area contributed by atoms with Gasteiger partial charge in [-0.1, -0.05) is 44.4 Å². The number of likely N-dealkylation sites (N-methyl/N-ethyl adjacent to an activating group) is 1. The predicted molar refractivity (Wildman–Crippen MR) is 156 cm³/mol. The SMILES string of the molecule is COc1ccc(CN(C)C[C@H]2Oc3c(NC(=O)NC4CCCCC4)cccc3C(=O)N([C@H](C)CO)C[C@H]2C)cc1. The third-order valence-electron chi connectivity index (χ3n) is 7.98. The second kappa shape index (κ2) is 13.9. The minimum absolute atomic E-state index is 0.0338. The molecule has 1 heterocycles. The van der Waals surface area contributed by atoms with Crippen LogP contribution in [0.25, 0.3) is 0 Å². The Morgan fingerprint density at radius 1 is 1.18 bits per heavy atom. The van der Waals surface area contributed by atoms with E-state index in [1.54, 1.807) is 30.2 Å². The number of ether oxygens (including phenoxy) is 2. The predicted octanol–water partition coefficient (Wildman–Crippen LogP) is 4.50. The Kier molecular flexibility index (Phi) is 10.3. The number of amides is 3. The molecule has 3 atom stereocenters. The molecule has 218 valence electrons. The van der Waals surface area contributed by atoms with Crippen LogP contribution < -0.4 is 20.1 Å². The number of carbonyl (C=O) groups is 2. The normalized spacial score (nSPS) is 20.6. The number of benzene rings is 2. The molecule has 1 aliphatic carbocycles. The van der Waals surface area contributed by atoms with Gasteiger partial charge in [-0.15, -0.1) is 0 Å². The number of aliphatic hydroxyl groups is 1. The van der Waals surface area contributed by atoms with Gasteiger partial charge in [-0.3, -0.25) is 9.69 Å². The van der Waals surface area contributed by atoms with E-state index in [1.165, 1.54) is 6.42 Å². The Balaban J connectivity index is 1.58. The fourth-order valence-corrected chi connectivity index (χ4v) is 5.56. The molecule has 2 aromatic rings. The number of para-hydroxylation sites is 1. The molecule has 9 heteroatoms. The summed E-state index contributed by atoms with van der Waals surface area (Å²) in [6, 6.07) is 12.8. The summed E-state index contributed by atoms with van der Waals surface area (Å²) in [5.74, 6) is 0.935. The van der Waals surface area contributed by atoms with Gasteiger partial charge in [0, 0.05) is 31.6 Å². The van der Waals surface area contributed by atoms with Gasteiger partial charge in [0.05, 0.1) is 31.0 Å². The molecule has 1 aliphatic heterocycles. The van der Waals surface area contributed by atoms with Gasteiger partial charge in [0.1, 0.15) is 11.9 Å². The summed E-state index contributed by atoms with van der Waals surface area (Å²) in [6.07, 6.45) is 5.12. The van der Waals surface area contributed by atoms with Crippen LogP contribution in [0.1, 0.15) is 61.9 Å². The third kappa shape index (κ3) is 7.46. The minimum atomic E-state index is -0.357. The first-order chi connectivity index (χ1) is 19.3. The average molecular weight is 553 g/mol. The zero-order valence-corrected chi connectivity index (χ0v) is 24.2. The summed E-state index contributed by atoms with van der Waals surface area (Å²) in [5.41, 5.74) is 1.99. The number of nitrogens with zero attached hydrogens (tertiary/aromatic N) is 2. The molecule has 40 heavy (non-hydrogen) atoms. The maximum Gasteiger partial charge on any atom is 0.319 e. The van der Waals surface area contributed by atoms with Crippen molar-refractivity contribution >= 4 is 17.6 Å². The smallest absolute Gasteiger partial charge is 0.319 e. The lowest BCUT2D eigenvalue weighted by Crippen LogP contribution is -2.50. The van der Waals surface area contributed by atoms with Crippen LogP contribution in [0, 0.1) is 5.92 Å². The first-order valence-corrected chi connectivity index (χ1v) is 14.4. The van der Waals surface area contributed by atoms with Crippen LogP contribution in [0.2, 0.25) is 0 Å². The summed E-state index contributed by atoms with van der Waals surface area (Å²) in [7, 11) is 3.70. The number of hydrogen-bond acceptors (Lipinski definition) is 6. The van der Waals surface area contributed by atoms with Crippen molar-refractivity contribution in [2.45, 2.75) is 70.7 Å². The second-order valence-electron chi connectivity index (χ2n) is 11.3. The molecule has 2 aliphatic rings. The molecule has 3 N–H and O–H groups in total. The highest BCUT2D eigenvalue weighted by Crippen LogP contribution is 2.35. The summed E-state index contributed by atoms with van der Waals surface area (Å²) >= 11 is 0. The number of hydrogen-bond donors (Lipinski definition) is 3. The molecular weight excluding hydrogens is 508 g/mol. The van der Waals surface area contributed by atoms with E-state index >= 15 is 0 Å². The highest BCUT2D eigenvalue weighted by Gasteiger charge is 2.34.